The Labute approximate surface area is 118 Å². The Morgan fingerprint density at radius 3 is 2.55 bits per heavy atom. The van der Waals surface area contributed by atoms with Gasteiger partial charge in [0.2, 0.25) is 5.91 Å². The molecule has 20 heavy (non-hydrogen) atoms. The first-order chi connectivity index (χ1) is 9.38. The summed E-state index contributed by atoms with van der Waals surface area (Å²) in [6, 6.07) is 3.19. The van der Waals surface area contributed by atoms with E-state index in [1.54, 1.807) is 0 Å². The molecule has 0 atom stereocenters. The van der Waals surface area contributed by atoms with Crippen molar-refractivity contribution in [1.29, 1.82) is 0 Å². The lowest BCUT2D eigenvalue weighted by Gasteiger charge is -2.07. The molecule has 0 radical (unpaired) electrons. The van der Waals surface area contributed by atoms with Crippen molar-refractivity contribution >= 4 is 29.5 Å². The van der Waals surface area contributed by atoms with Crippen molar-refractivity contribution in [2.24, 2.45) is 0 Å². The predicted octanol–water partition coefficient (Wildman–Crippen LogP) is 1.67. The number of hydrogen-bond donors (Lipinski definition) is 3. The Morgan fingerprint density at radius 2 is 1.95 bits per heavy atom. The number of halogens is 2. The summed E-state index contributed by atoms with van der Waals surface area (Å²) in [5.74, 6) is -2.38. The quantitative estimate of drug-likeness (QED) is 0.771. The van der Waals surface area contributed by atoms with E-state index in [1.807, 2.05) is 5.32 Å². The standard InChI is InChI=1S/C12H12ClFN2O4/c13-8-5-7(1-2-9(8)14)6-15-12(20)16-10(17)3-4-11(18)19/h1-2,5H,3-4,6H2,(H,18,19)(H2,15,16,17,20). The first-order valence-electron chi connectivity index (χ1n) is 5.62. The first-order valence-corrected chi connectivity index (χ1v) is 5.99. The van der Waals surface area contributed by atoms with Crippen molar-refractivity contribution in [3.63, 3.8) is 0 Å². The lowest BCUT2D eigenvalue weighted by atomic mass is 10.2. The Kier molecular flexibility index (Phi) is 5.92. The zero-order chi connectivity index (χ0) is 15.1. The minimum absolute atomic E-state index is 0.0536. The average Bonchev–Trinajstić information content (AvgIpc) is 2.38. The van der Waals surface area contributed by atoms with E-state index in [1.165, 1.54) is 12.1 Å². The summed E-state index contributed by atoms with van der Waals surface area (Å²) in [5.41, 5.74) is 0.560. The summed E-state index contributed by atoms with van der Waals surface area (Å²) in [6.45, 7) is 0.0536. The second-order valence-corrected chi connectivity index (χ2v) is 4.28. The number of carboxylic acids is 1. The molecule has 8 heteroatoms. The van der Waals surface area contributed by atoms with Gasteiger partial charge < -0.3 is 10.4 Å². The van der Waals surface area contributed by atoms with Gasteiger partial charge in [-0.2, -0.15) is 0 Å². The van der Waals surface area contributed by atoms with Gasteiger partial charge in [0.1, 0.15) is 5.82 Å². The molecule has 0 aliphatic rings. The van der Waals surface area contributed by atoms with Crippen molar-refractivity contribution < 1.29 is 23.9 Å². The van der Waals surface area contributed by atoms with Crippen LogP contribution in [0.5, 0.6) is 0 Å². The molecule has 0 unspecified atom stereocenters. The van der Waals surface area contributed by atoms with Crippen LogP contribution in [0.15, 0.2) is 18.2 Å². The van der Waals surface area contributed by atoms with Crippen molar-refractivity contribution in [2.75, 3.05) is 0 Å². The zero-order valence-electron chi connectivity index (χ0n) is 10.3. The second kappa shape index (κ2) is 7.44. The molecule has 0 fully saturated rings. The SMILES string of the molecule is O=C(O)CCC(=O)NC(=O)NCc1ccc(F)c(Cl)c1. The molecular formula is C12H12ClFN2O4. The van der Waals surface area contributed by atoms with Crippen LogP contribution in [-0.2, 0) is 16.1 Å². The van der Waals surface area contributed by atoms with Gasteiger partial charge in [0.05, 0.1) is 11.4 Å². The summed E-state index contributed by atoms with van der Waals surface area (Å²) in [7, 11) is 0. The molecule has 1 aromatic carbocycles. The molecule has 0 saturated carbocycles. The van der Waals surface area contributed by atoms with Crippen molar-refractivity contribution in [1.82, 2.24) is 10.6 Å². The Hall–Kier alpha value is -2.15. The van der Waals surface area contributed by atoms with Crippen LogP contribution in [0.4, 0.5) is 9.18 Å². The van der Waals surface area contributed by atoms with Crippen molar-refractivity contribution in [3.8, 4) is 0 Å². The van der Waals surface area contributed by atoms with Crippen molar-refractivity contribution in [3.05, 3.63) is 34.6 Å². The van der Waals surface area contributed by atoms with E-state index in [0.717, 1.165) is 6.07 Å². The number of carbonyl (C=O) groups excluding carboxylic acids is 2. The number of carbonyl (C=O) groups is 3. The molecule has 1 aromatic rings. The van der Waals surface area contributed by atoms with Crippen LogP contribution in [0.1, 0.15) is 18.4 Å². The van der Waals surface area contributed by atoms with Crippen LogP contribution in [0.25, 0.3) is 0 Å². The molecule has 0 saturated heterocycles. The van der Waals surface area contributed by atoms with E-state index in [2.05, 4.69) is 5.32 Å². The van der Waals surface area contributed by atoms with E-state index in [-0.39, 0.29) is 24.4 Å². The highest BCUT2D eigenvalue weighted by molar-refractivity contribution is 6.30. The Balaban J connectivity index is 2.37. The lowest BCUT2D eigenvalue weighted by molar-refractivity contribution is -0.138. The summed E-state index contributed by atoms with van der Waals surface area (Å²) in [5, 5.41) is 12.6. The predicted molar refractivity (Wildman–Crippen MR) is 68.7 cm³/mol. The van der Waals surface area contributed by atoms with E-state index >= 15 is 0 Å². The molecule has 0 aliphatic heterocycles. The molecule has 1 rings (SSSR count). The molecule has 3 amide bonds. The van der Waals surface area contributed by atoms with Crippen LogP contribution in [-0.4, -0.2) is 23.0 Å². The fraction of sp³-hybridized carbons (Fsp3) is 0.250. The summed E-state index contributed by atoms with van der Waals surface area (Å²) >= 11 is 5.57. The van der Waals surface area contributed by atoms with Gasteiger partial charge in [-0.15, -0.1) is 0 Å². The van der Waals surface area contributed by atoms with Crippen LogP contribution >= 0.6 is 11.6 Å². The zero-order valence-corrected chi connectivity index (χ0v) is 11.0. The normalized spacial score (nSPS) is 9.90. The third kappa shape index (κ3) is 5.66. The van der Waals surface area contributed by atoms with Crippen molar-refractivity contribution in [2.45, 2.75) is 19.4 Å². The lowest BCUT2D eigenvalue weighted by Crippen LogP contribution is -2.39. The highest BCUT2D eigenvalue weighted by Gasteiger charge is 2.09. The molecule has 0 aliphatic carbocycles. The highest BCUT2D eigenvalue weighted by Crippen LogP contribution is 2.15. The number of benzene rings is 1. The van der Waals surface area contributed by atoms with Gasteiger partial charge in [0.15, 0.2) is 0 Å². The van der Waals surface area contributed by atoms with Gasteiger partial charge in [0, 0.05) is 13.0 Å². The number of urea groups is 1. The number of rotatable bonds is 5. The van der Waals surface area contributed by atoms with Crippen LogP contribution < -0.4 is 10.6 Å². The maximum absolute atomic E-state index is 12.9. The molecule has 6 nitrogen and oxygen atoms in total. The third-order valence-electron chi connectivity index (χ3n) is 2.26. The van der Waals surface area contributed by atoms with E-state index in [9.17, 15) is 18.8 Å². The minimum atomic E-state index is -1.12. The summed E-state index contributed by atoms with van der Waals surface area (Å²) in [4.78, 5) is 32.7. The number of carboxylic acid groups (broad SMARTS) is 1. The van der Waals surface area contributed by atoms with Gasteiger partial charge in [-0.3, -0.25) is 14.9 Å². The first kappa shape index (κ1) is 15.9. The monoisotopic (exact) mass is 302 g/mol. The van der Waals surface area contributed by atoms with E-state index < -0.39 is 23.7 Å². The minimum Gasteiger partial charge on any atom is -0.481 e. The molecule has 0 spiro atoms. The Morgan fingerprint density at radius 1 is 1.25 bits per heavy atom. The molecular weight excluding hydrogens is 291 g/mol. The van der Waals surface area contributed by atoms with Crippen LogP contribution in [0, 0.1) is 5.82 Å². The number of aliphatic carboxylic acids is 1. The topological polar surface area (TPSA) is 95.5 Å². The largest absolute Gasteiger partial charge is 0.481 e. The van der Waals surface area contributed by atoms with Gasteiger partial charge >= 0.3 is 12.0 Å². The number of imide groups is 1. The van der Waals surface area contributed by atoms with Gasteiger partial charge in [-0.05, 0) is 17.7 Å². The molecule has 0 aromatic heterocycles. The maximum Gasteiger partial charge on any atom is 0.321 e. The third-order valence-corrected chi connectivity index (χ3v) is 2.55. The fourth-order valence-electron chi connectivity index (χ4n) is 1.29. The fourth-order valence-corrected chi connectivity index (χ4v) is 1.49. The van der Waals surface area contributed by atoms with Gasteiger partial charge in [-0.25, -0.2) is 9.18 Å². The summed E-state index contributed by atoms with van der Waals surface area (Å²) < 4.78 is 12.9. The van der Waals surface area contributed by atoms with Gasteiger partial charge in [-0.1, -0.05) is 17.7 Å². The van der Waals surface area contributed by atoms with E-state index in [4.69, 9.17) is 16.7 Å². The van der Waals surface area contributed by atoms with Crippen LogP contribution in [0.3, 0.4) is 0 Å². The number of amides is 3. The van der Waals surface area contributed by atoms with Crippen LogP contribution in [0.2, 0.25) is 5.02 Å². The second-order valence-electron chi connectivity index (χ2n) is 3.87. The summed E-state index contributed by atoms with van der Waals surface area (Å²) in [6.07, 6.45) is -0.641. The Bertz CT molecular complexity index is 536. The number of nitrogens with one attached hydrogen (secondary N) is 2. The maximum atomic E-state index is 12.9. The average molecular weight is 303 g/mol. The van der Waals surface area contributed by atoms with E-state index in [0.29, 0.717) is 5.56 Å². The van der Waals surface area contributed by atoms with Gasteiger partial charge in [0.25, 0.3) is 0 Å². The smallest absolute Gasteiger partial charge is 0.321 e. The molecule has 0 bridgehead atoms. The number of hydrogen-bond acceptors (Lipinski definition) is 3. The molecule has 108 valence electrons. The molecule has 3 N–H and O–H groups in total. The molecule has 0 heterocycles. The highest BCUT2D eigenvalue weighted by atomic mass is 35.5.